The van der Waals surface area contributed by atoms with Crippen molar-refractivity contribution < 1.29 is 5.11 Å². The van der Waals surface area contributed by atoms with Crippen LogP contribution in [0.3, 0.4) is 0 Å². The van der Waals surface area contributed by atoms with E-state index in [4.69, 9.17) is 5.11 Å². The lowest BCUT2D eigenvalue weighted by Gasteiger charge is -1.96. The number of aliphatic hydroxyl groups is 1. The number of hydrogen-bond acceptors (Lipinski definition) is 2. The molecule has 0 fully saturated rings. The predicted octanol–water partition coefficient (Wildman–Crippen LogP) is 1.05. The topological polar surface area (TPSA) is 32.3 Å². The Kier molecular flexibility index (Phi) is 5.88. The number of rotatable bonds is 4. The van der Waals surface area contributed by atoms with E-state index in [0.29, 0.717) is 6.54 Å². The second-order valence-corrected chi connectivity index (χ2v) is 2.07. The van der Waals surface area contributed by atoms with E-state index in [9.17, 15) is 0 Å². The first kappa shape index (κ1) is 9.24. The lowest BCUT2D eigenvalue weighted by atomic mass is 10.3. The monoisotopic (exact) mass is 141 g/mol. The minimum atomic E-state index is 0.180. The summed E-state index contributed by atoms with van der Waals surface area (Å²) in [6.07, 6.45) is 5.87. The highest BCUT2D eigenvalue weighted by atomic mass is 16.3. The third kappa shape index (κ3) is 5.38. The van der Waals surface area contributed by atoms with Crippen molar-refractivity contribution in [2.24, 2.45) is 0 Å². The molecule has 58 valence electrons. The third-order valence-electron chi connectivity index (χ3n) is 1.02. The fourth-order valence-corrected chi connectivity index (χ4v) is 0.609. The predicted molar refractivity (Wildman–Crippen MR) is 43.7 cm³/mol. The quantitative estimate of drug-likeness (QED) is 0.453. The van der Waals surface area contributed by atoms with Crippen molar-refractivity contribution in [3.8, 4) is 0 Å². The molecule has 0 spiro atoms. The van der Waals surface area contributed by atoms with Gasteiger partial charge in [0.2, 0.25) is 0 Å². The van der Waals surface area contributed by atoms with Crippen LogP contribution in [-0.4, -0.2) is 18.3 Å². The van der Waals surface area contributed by atoms with E-state index in [1.165, 1.54) is 0 Å². The van der Waals surface area contributed by atoms with Crippen molar-refractivity contribution in [1.82, 2.24) is 5.32 Å². The summed E-state index contributed by atoms with van der Waals surface area (Å²) in [6, 6.07) is 0. The maximum atomic E-state index is 8.40. The molecule has 0 aromatic carbocycles. The van der Waals surface area contributed by atoms with Crippen LogP contribution >= 0.6 is 0 Å². The number of allylic oxidation sites excluding steroid dienone is 3. The van der Waals surface area contributed by atoms with Gasteiger partial charge in [-0.1, -0.05) is 12.2 Å². The van der Waals surface area contributed by atoms with Gasteiger partial charge in [-0.3, -0.25) is 0 Å². The van der Waals surface area contributed by atoms with Gasteiger partial charge in [0, 0.05) is 6.54 Å². The van der Waals surface area contributed by atoms with Crippen molar-refractivity contribution in [3.63, 3.8) is 0 Å². The molecule has 0 radical (unpaired) electrons. The minimum Gasteiger partial charge on any atom is -0.395 e. The summed E-state index contributed by atoms with van der Waals surface area (Å²) < 4.78 is 0. The van der Waals surface area contributed by atoms with Gasteiger partial charge in [-0.25, -0.2) is 0 Å². The van der Waals surface area contributed by atoms with Crippen molar-refractivity contribution >= 4 is 0 Å². The summed E-state index contributed by atoms with van der Waals surface area (Å²) in [5, 5.41) is 11.4. The second-order valence-electron chi connectivity index (χ2n) is 2.07. The largest absolute Gasteiger partial charge is 0.395 e. The van der Waals surface area contributed by atoms with Gasteiger partial charge in [0.15, 0.2) is 0 Å². The van der Waals surface area contributed by atoms with Gasteiger partial charge in [0.05, 0.1) is 6.61 Å². The summed E-state index contributed by atoms with van der Waals surface area (Å²) in [6.45, 7) is 4.78. The van der Waals surface area contributed by atoms with Crippen molar-refractivity contribution in [2.45, 2.75) is 13.8 Å². The molecule has 0 bridgehead atoms. The van der Waals surface area contributed by atoms with Gasteiger partial charge in [-0.05, 0) is 25.6 Å². The normalized spacial score (nSPS) is 12.5. The van der Waals surface area contributed by atoms with Crippen molar-refractivity contribution in [3.05, 3.63) is 23.9 Å². The Bertz CT molecular complexity index is 127. The Balaban J connectivity index is 3.47. The van der Waals surface area contributed by atoms with Gasteiger partial charge >= 0.3 is 0 Å². The van der Waals surface area contributed by atoms with E-state index in [1.807, 2.05) is 32.2 Å². The van der Waals surface area contributed by atoms with Crippen LogP contribution in [0, 0.1) is 0 Å². The first-order valence-corrected chi connectivity index (χ1v) is 3.45. The highest BCUT2D eigenvalue weighted by molar-refractivity contribution is 5.13. The van der Waals surface area contributed by atoms with Crippen LogP contribution in [0.25, 0.3) is 0 Å². The average Bonchev–Trinajstić information content (AvgIpc) is 1.89. The highest BCUT2D eigenvalue weighted by Gasteiger charge is 1.78. The minimum absolute atomic E-state index is 0.180. The van der Waals surface area contributed by atoms with Crippen LogP contribution in [0.15, 0.2) is 23.9 Å². The Labute approximate surface area is 62.3 Å². The maximum absolute atomic E-state index is 8.40. The molecular formula is C8H15NO. The summed E-state index contributed by atoms with van der Waals surface area (Å²) >= 11 is 0. The smallest absolute Gasteiger partial charge is 0.0603 e. The first-order valence-electron chi connectivity index (χ1n) is 3.45. The Morgan fingerprint density at radius 2 is 2.30 bits per heavy atom. The molecular weight excluding hydrogens is 126 g/mol. The molecule has 0 aromatic heterocycles. The van der Waals surface area contributed by atoms with E-state index >= 15 is 0 Å². The van der Waals surface area contributed by atoms with Crippen LogP contribution in [0.4, 0.5) is 0 Å². The van der Waals surface area contributed by atoms with Gasteiger partial charge in [0.25, 0.3) is 0 Å². The molecule has 0 saturated heterocycles. The third-order valence-corrected chi connectivity index (χ3v) is 1.02. The zero-order chi connectivity index (χ0) is 7.82. The molecule has 2 nitrogen and oxygen atoms in total. The van der Waals surface area contributed by atoms with E-state index in [0.717, 1.165) is 5.57 Å². The molecule has 0 unspecified atom stereocenters. The molecule has 2 N–H and O–H groups in total. The fourth-order valence-electron chi connectivity index (χ4n) is 0.609. The molecule has 0 aromatic rings. The molecule has 0 saturated carbocycles. The standard InChI is InChI=1S/C8H15NO/c1-3-4-8(2)7-9-5-6-10/h3-4,7,9-10H,5-6H2,1-2H3/b4-3-,8-7-. The Hall–Kier alpha value is -0.760. The summed E-state index contributed by atoms with van der Waals surface area (Å²) in [5.74, 6) is 0. The molecule has 0 heterocycles. The van der Waals surface area contributed by atoms with Crippen LogP contribution in [0.5, 0.6) is 0 Å². The Morgan fingerprint density at radius 1 is 1.60 bits per heavy atom. The lowest BCUT2D eigenvalue weighted by Crippen LogP contribution is -2.10. The molecule has 0 aliphatic rings. The summed E-state index contributed by atoms with van der Waals surface area (Å²) in [5.41, 5.74) is 1.16. The van der Waals surface area contributed by atoms with E-state index in [1.54, 1.807) is 0 Å². The summed E-state index contributed by atoms with van der Waals surface area (Å²) in [7, 11) is 0. The van der Waals surface area contributed by atoms with Gasteiger partial charge in [0.1, 0.15) is 0 Å². The SMILES string of the molecule is C/C=C\C(C)=C/NCCO. The Morgan fingerprint density at radius 3 is 2.80 bits per heavy atom. The average molecular weight is 141 g/mol. The fraction of sp³-hybridized carbons (Fsp3) is 0.500. The van der Waals surface area contributed by atoms with Gasteiger partial charge in [-0.2, -0.15) is 0 Å². The number of nitrogens with one attached hydrogen (secondary N) is 1. The number of aliphatic hydroxyl groups excluding tert-OH is 1. The van der Waals surface area contributed by atoms with Crippen molar-refractivity contribution in [2.75, 3.05) is 13.2 Å². The van der Waals surface area contributed by atoms with Crippen LogP contribution < -0.4 is 5.32 Å². The van der Waals surface area contributed by atoms with E-state index in [-0.39, 0.29) is 6.61 Å². The van der Waals surface area contributed by atoms with Crippen LogP contribution in [0.2, 0.25) is 0 Å². The molecule has 0 atom stereocenters. The van der Waals surface area contributed by atoms with Gasteiger partial charge in [-0.15, -0.1) is 0 Å². The molecule has 2 heteroatoms. The first-order chi connectivity index (χ1) is 4.81. The number of hydrogen-bond donors (Lipinski definition) is 2. The zero-order valence-electron chi connectivity index (χ0n) is 6.59. The molecule has 0 rings (SSSR count). The van der Waals surface area contributed by atoms with Gasteiger partial charge < -0.3 is 10.4 Å². The molecule has 10 heavy (non-hydrogen) atoms. The molecule has 0 amide bonds. The van der Waals surface area contributed by atoms with Crippen molar-refractivity contribution in [1.29, 1.82) is 0 Å². The lowest BCUT2D eigenvalue weighted by molar-refractivity contribution is 0.298. The molecule has 0 aliphatic heterocycles. The van der Waals surface area contributed by atoms with Crippen LogP contribution in [-0.2, 0) is 0 Å². The summed E-state index contributed by atoms with van der Waals surface area (Å²) in [4.78, 5) is 0. The zero-order valence-corrected chi connectivity index (χ0v) is 6.59. The maximum Gasteiger partial charge on any atom is 0.0603 e. The van der Waals surface area contributed by atoms with Crippen LogP contribution in [0.1, 0.15) is 13.8 Å². The highest BCUT2D eigenvalue weighted by Crippen LogP contribution is 1.90. The molecule has 0 aliphatic carbocycles. The van der Waals surface area contributed by atoms with E-state index < -0.39 is 0 Å². The second kappa shape index (κ2) is 6.36. The van der Waals surface area contributed by atoms with E-state index in [2.05, 4.69) is 5.32 Å².